The van der Waals surface area contributed by atoms with Crippen LogP contribution in [0.3, 0.4) is 0 Å². The molecule has 1 fully saturated rings. The molecule has 1 aliphatic rings. The number of ether oxygens (including phenoxy) is 2. The molecule has 1 N–H and O–H groups in total. The predicted octanol–water partition coefficient (Wildman–Crippen LogP) is 2.75. The van der Waals surface area contributed by atoms with Gasteiger partial charge in [-0.15, -0.1) is 0 Å². The van der Waals surface area contributed by atoms with E-state index in [2.05, 4.69) is 5.10 Å². The number of hydrogen-bond donors (Lipinski definition) is 1. The summed E-state index contributed by atoms with van der Waals surface area (Å²) in [7, 11) is 3.29. The Kier molecular flexibility index (Phi) is 3.95. The lowest BCUT2D eigenvalue weighted by atomic mass is 9.90. The molecule has 0 bridgehead atoms. The molecule has 0 saturated heterocycles. The Morgan fingerprint density at radius 2 is 2.00 bits per heavy atom. The van der Waals surface area contributed by atoms with Gasteiger partial charge in [0.1, 0.15) is 0 Å². The van der Waals surface area contributed by atoms with Crippen molar-refractivity contribution in [1.29, 1.82) is 0 Å². The highest BCUT2D eigenvalue weighted by atomic mass is 16.7. The number of nitrogens with zero attached hydrogens (tertiary/aromatic N) is 3. The number of rotatable bonds is 4. The molecule has 8 heteroatoms. The van der Waals surface area contributed by atoms with Crippen LogP contribution in [0.2, 0.25) is 0 Å². The Labute approximate surface area is 132 Å². The van der Waals surface area contributed by atoms with Crippen LogP contribution in [0.25, 0.3) is 10.9 Å². The third-order valence-corrected chi connectivity index (χ3v) is 4.65. The molecule has 0 radical (unpaired) electrons. The Balaban J connectivity index is 1.86. The van der Waals surface area contributed by atoms with Crippen LogP contribution >= 0.6 is 0 Å². The largest absolute Gasteiger partial charge is 0.502 e. The maximum atomic E-state index is 10.9. The molecule has 0 amide bonds. The van der Waals surface area contributed by atoms with Gasteiger partial charge in [-0.05, 0) is 12.8 Å². The summed E-state index contributed by atoms with van der Waals surface area (Å²) in [5, 5.41) is 25.7. The van der Waals surface area contributed by atoms with Crippen molar-refractivity contribution in [2.75, 3.05) is 14.2 Å². The first-order chi connectivity index (χ1) is 11.0. The third-order valence-electron chi connectivity index (χ3n) is 4.65. The van der Waals surface area contributed by atoms with Crippen molar-refractivity contribution in [3.8, 4) is 5.75 Å². The quantitative estimate of drug-likeness (QED) is 0.528. The summed E-state index contributed by atoms with van der Waals surface area (Å²) in [6, 6.07) is 2.87. The molecule has 3 rings (SSSR count). The maximum Gasteiger partial charge on any atom is 0.311 e. The molecule has 0 aliphatic heterocycles. The summed E-state index contributed by atoms with van der Waals surface area (Å²) in [6.07, 6.45) is 4.98. The van der Waals surface area contributed by atoms with Gasteiger partial charge < -0.3 is 14.6 Å². The normalized spacial score (nSPS) is 18.3. The summed E-state index contributed by atoms with van der Waals surface area (Å²) >= 11 is 0. The van der Waals surface area contributed by atoms with Crippen molar-refractivity contribution < 1.29 is 19.5 Å². The number of nitro groups is 1. The van der Waals surface area contributed by atoms with E-state index in [1.54, 1.807) is 20.4 Å². The molecular weight excluding hydrogens is 302 g/mol. The number of fused-ring (bicyclic) bond motifs is 1. The monoisotopic (exact) mass is 321 g/mol. The molecule has 0 spiro atoms. The second-order valence-corrected chi connectivity index (χ2v) is 5.82. The lowest BCUT2D eigenvalue weighted by molar-refractivity contribution is -0.385. The number of aromatic hydroxyl groups is 1. The number of methoxy groups -OCH3 is 2. The second-order valence-electron chi connectivity index (χ2n) is 5.82. The van der Waals surface area contributed by atoms with Crippen molar-refractivity contribution in [3.05, 3.63) is 28.4 Å². The van der Waals surface area contributed by atoms with Gasteiger partial charge in [-0.25, -0.2) is 0 Å². The van der Waals surface area contributed by atoms with Crippen LogP contribution < -0.4 is 0 Å². The van der Waals surface area contributed by atoms with Crippen molar-refractivity contribution in [2.45, 2.75) is 37.5 Å². The van der Waals surface area contributed by atoms with E-state index >= 15 is 0 Å². The van der Waals surface area contributed by atoms with Gasteiger partial charge in [0.15, 0.2) is 11.5 Å². The number of hydrogen-bond acceptors (Lipinski definition) is 6. The zero-order valence-electron chi connectivity index (χ0n) is 13.1. The van der Waals surface area contributed by atoms with Crippen LogP contribution in [0, 0.1) is 10.1 Å². The highest BCUT2D eigenvalue weighted by Crippen LogP contribution is 2.38. The van der Waals surface area contributed by atoms with E-state index in [1.165, 1.54) is 12.1 Å². The maximum absolute atomic E-state index is 10.9. The van der Waals surface area contributed by atoms with Gasteiger partial charge in [-0.2, -0.15) is 5.10 Å². The molecule has 0 unspecified atom stereocenters. The molecule has 23 heavy (non-hydrogen) atoms. The molecule has 1 aromatic carbocycles. The first kappa shape index (κ1) is 15.7. The van der Waals surface area contributed by atoms with E-state index in [0.29, 0.717) is 10.9 Å². The van der Waals surface area contributed by atoms with E-state index in [-0.39, 0.29) is 17.5 Å². The van der Waals surface area contributed by atoms with Gasteiger partial charge in [0, 0.05) is 50.8 Å². The Morgan fingerprint density at radius 3 is 2.57 bits per heavy atom. The molecule has 8 nitrogen and oxygen atoms in total. The highest BCUT2D eigenvalue weighted by molar-refractivity contribution is 5.83. The van der Waals surface area contributed by atoms with Gasteiger partial charge in [0.2, 0.25) is 0 Å². The van der Waals surface area contributed by atoms with Gasteiger partial charge in [-0.3, -0.25) is 14.8 Å². The average molecular weight is 321 g/mol. The highest BCUT2D eigenvalue weighted by Gasteiger charge is 2.36. The molecular formula is C15H19N3O5. The fourth-order valence-corrected chi connectivity index (χ4v) is 3.20. The topological polar surface area (TPSA) is 99.7 Å². The van der Waals surface area contributed by atoms with Crippen molar-refractivity contribution >= 4 is 16.6 Å². The Bertz CT molecular complexity index is 728. The van der Waals surface area contributed by atoms with Gasteiger partial charge >= 0.3 is 5.69 Å². The molecule has 1 aliphatic carbocycles. The first-order valence-corrected chi connectivity index (χ1v) is 7.44. The van der Waals surface area contributed by atoms with Crippen LogP contribution in [0.15, 0.2) is 18.3 Å². The molecule has 124 valence electrons. The zero-order valence-corrected chi connectivity index (χ0v) is 13.1. The van der Waals surface area contributed by atoms with Crippen LogP contribution in [0.4, 0.5) is 5.69 Å². The average Bonchev–Trinajstić information content (AvgIpc) is 2.96. The minimum absolute atomic E-state index is 0.182. The van der Waals surface area contributed by atoms with Crippen molar-refractivity contribution in [3.63, 3.8) is 0 Å². The molecule has 2 aromatic rings. The molecule has 1 heterocycles. The van der Waals surface area contributed by atoms with E-state index in [0.717, 1.165) is 25.7 Å². The van der Waals surface area contributed by atoms with Crippen LogP contribution in [-0.4, -0.2) is 39.8 Å². The number of phenolic OH excluding ortho intramolecular Hbond substituents is 1. The van der Waals surface area contributed by atoms with Gasteiger partial charge in [0.05, 0.1) is 16.5 Å². The lowest BCUT2D eigenvalue weighted by Crippen LogP contribution is -2.38. The minimum atomic E-state index is -0.599. The van der Waals surface area contributed by atoms with E-state index in [9.17, 15) is 15.2 Å². The smallest absolute Gasteiger partial charge is 0.311 e. The summed E-state index contributed by atoms with van der Waals surface area (Å²) in [5.41, 5.74) is 0.238. The van der Waals surface area contributed by atoms with Crippen molar-refractivity contribution in [1.82, 2.24) is 9.78 Å². The van der Waals surface area contributed by atoms with Gasteiger partial charge in [0.25, 0.3) is 0 Å². The Morgan fingerprint density at radius 1 is 1.35 bits per heavy atom. The number of phenols is 1. The first-order valence-electron chi connectivity index (χ1n) is 7.44. The van der Waals surface area contributed by atoms with Crippen LogP contribution in [-0.2, 0) is 9.47 Å². The number of benzene rings is 1. The van der Waals surface area contributed by atoms with Gasteiger partial charge in [-0.1, -0.05) is 0 Å². The molecule has 1 saturated carbocycles. The van der Waals surface area contributed by atoms with E-state index in [4.69, 9.17) is 9.47 Å². The number of nitro benzene ring substituents is 1. The Hall–Kier alpha value is -2.19. The minimum Gasteiger partial charge on any atom is -0.502 e. The van der Waals surface area contributed by atoms with E-state index < -0.39 is 10.7 Å². The summed E-state index contributed by atoms with van der Waals surface area (Å²) in [5.74, 6) is -0.894. The summed E-state index contributed by atoms with van der Waals surface area (Å²) < 4.78 is 12.8. The molecule has 0 atom stereocenters. The summed E-state index contributed by atoms with van der Waals surface area (Å²) in [6.45, 7) is 0. The molecule has 1 aromatic heterocycles. The fraction of sp³-hybridized carbons (Fsp3) is 0.533. The van der Waals surface area contributed by atoms with Crippen LogP contribution in [0.5, 0.6) is 5.75 Å². The SMILES string of the molecule is COC1(OC)CCC(n2cc3cc([N+](=O)[O-])c(O)cc3n2)CC1. The van der Waals surface area contributed by atoms with Crippen molar-refractivity contribution in [2.24, 2.45) is 0 Å². The zero-order chi connectivity index (χ0) is 16.6. The standard InChI is InChI=1S/C15H19N3O5/c1-22-15(23-2)5-3-11(4-6-15)17-9-10-7-13(18(20)21)14(19)8-12(10)16-17/h7-9,11,19H,3-6H2,1-2H3. The predicted molar refractivity (Wildman–Crippen MR) is 82.3 cm³/mol. The third kappa shape index (κ3) is 2.75. The summed E-state index contributed by atoms with van der Waals surface area (Å²) in [4.78, 5) is 10.3. The van der Waals surface area contributed by atoms with E-state index in [1.807, 2.05) is 4.68 Å². The lowest BCUT2D eigenvalue weighted by Gasteiger charge is -2.37. The fourth-order valence-electron chi connectivity index (χ4n) is 3.20. The van der Waals surface area contributed by atoms with Crippen LogP contribution in [0.1, 0.15) is 31.7 Å². The second kappa shape index (κ2) is 5.78. The number of aromatic nitrogens is 2.